The van der Waals surface area contributed by atoms with Gasteiger partial charge in [-0.25, -0.2) is 0 Å². The van der Waals surface area contributed by atoms with E-state index in [1.165, 1.54) is 24.6 Å². The summed E-state index contributed by atoms with van der Waals surface area (Å²) in [7, 11) is 0. The van der Waals surface area contributed by atoms with E-state index >= 15 is 0 Å². The number of hydrogen-bond donors (Lipinski definition) is 2. The lowest BCUT2D eigenvalue weighted by Gasteiger charge is -2.24. The van der Waals surface area contributed by atoms with Gasteiger partial charge in [-0.15, -0.1) is 0 Å². The van der Waals surface area contributed by atoms with E-state index in [1.807, 2.05) is 42.6 Å². The van der Waals surface area contributed by atoms with Crippen LogP contribution in [-0.4, -0.2) is 16.9 Å². The lowest BCUT2D eigenvalue weighted by molar-refractivity contribution is -0.122. The van der Waals surface area contributed by atoms with Crippen molar-refractivity contribution in [2.75, 3.05) is 0 Å². The van der Waals surface area contributed by atoms with Crippen LogP contribution in [0, 0.1) is 0 Å². The summed E-state index contributed by atoms with van der Waals surface area (Å²) >= 11 is 6.09. The molecule has 2 N–H and O–H groups in total. The van der Waals surface area contributed by atoms with Gasteiger partial charge in [-0.2, -0.15) is 0 Å². The minimum absolute atomic E-state index is 0.00186. The molecule has 3 aromatic rings. The lowest BCUT2D eigenvalue weighted by atomic mass is 9.87. The molecule has 0 bridgehead atoms. The molecule has 0 saturated heterocycles. The summed E-state index contributed by atoms with van der Waals surface area (Å²) in [4.78, 5) is 16.2. The highest BCUT2D eigenvalue weighted by atomic mass is 35.5. The molecule has 1 unspecified atom stereocenters. The van der Waals surface area contributed by atoms with E-state index < -0.39 is 0 Å². The van der Waals surface area contributed by atoms with Crippen molar-refractivity contribution in [3.8, 4) is 0 Å². The van der Waals surface area contributed by atoms with Gasteiger partial charge in [0.2, 0.25) is 5.91 Å². The Morgan fingerprint density at radius 3 is 2.59 bits per heavy atom. The average Bonchev–Trinajstić information content (AvgIpc) is 3.12. The molecule has 0 aliphatic heterocycles. The predicted octanol–water partition coefficient (Wildman–Crippen LogP) is 5.79. The van der Waals surface area contributed by atoms with Crippen molar-refractivity contribution >= 4 is 28.4 Å². The first-order valence-corrected chi connectivity index (χ1v) is 10.2. The minimum atomic E-state index is 0.00186. The molecule has 1 saturated carbocycles. The topological polar surface area (TPSA) is 44.9 Å². The summed E-state index contributed by atoms with van der Waals surface area (Å²) in [5, 5.41) is 5.15. The third kappa shape index (κ3) is 4.19. The summed E-state index contributed by atoms with van der Waals surface area (Å²) < 4.78 is 0. The number of rotatable bonds is 5. The van der Waals surface area contributed by atoms with Crippen LogP contribution in [0.5, 0.6) is 0 Å². The normalized spacial score (nSPS) is 16.3. The first kappa shape index (κ1) is 18.1. The molecule has 0 radical (unpaired) electrons. The van der Waals surface area contributed by atoms with Crippen molar-refractivity contribution in [3.05, 3.63) is 70.9 Å². The summed E-state index contributed by atoms with van der Waals surface area (Å²) in [6.45, 7) is 0. The Bertz CT molecular complexity index is 910. The second-order valence-corrected chi connectivity index (χ2v) is 7.94. The van der Waals surface area contributed by atoms with Crippen molar-refractivity contribution in [3.63, 3.8) is 0 Å². The summed E-state index contributed by atoms with van der Waals surface area (Å²) in [6, 6.07) is 16.4. The van der Waals surface area contributed by atoms with Crippen LogP contribution in [-0.2, 0) is 4.79 Å². The zero-order chi connectivity index (χ0) is 18.6. The van der Waals surface area contributed by atoms with Crippen LogP contribution in [0.4, 0.5) is 0 Å². The molecule has 1 aliphatic rings. The Morgan fingerprint density at radius 1 is 1.07 bits per heavy atom. The maximum atomic E-state index is 12.8. The first-order valence-electron chi connectivity index (χ1n) is 9.81. The third-order valence-electron chi connectivity index (χ3n) is 5.63. The highest BCUT2D eigenvalue weighted by Crippen LogP contribution is 2.34. The fourth-order valence-corrected chi connectivity index (χ4v) is 4.33. The predicted molar refractivity (Wildman–Crippen MR) is 111 cm³/mol. The van der Waals surface area contributed by atoms with E-state index in [0.717, 1.165) is 29.5 Å². The minimum Gasteiger partial charge on any atom is -0.361 e. The van der Waals surface area contributed by atoms with Crippen LogP contribution in [0.3, 0.4) is 0 Å². The van der Waals surface area contributed by atoms with E-state index in [9.17, 15) is 4.79 Å². The fourth-order valence-electron chi connectivity index (χ4n) is 4.20. The van der Waals surface area contributed by atoms with Crippen molar-refractivity contribution in [1.29, 1.82) is 0 Å². The number of aromatic amines is 1. The Hall–Kier alpha value is -2.26. The highest BCUT2D eigenvalue weighted by Gasteiger charge is 2.23. The average molecular weight is 381 g/mol. The van der Waals surface area contributed by atoms with Crippen LogP contribution in [0.2, 0.25) is 5.02 Å². The number of H-pyrrole nitrogens is 1. The number of halogens is 1. The van der Waals surface area contributed by atoms with Crippen LogP contribution in [0.25, 0.3) is 10.9 Å². The molecule has 1 amide bonds. The molecule has 1 aliphatic carbocycles. The number of amides is 1. The zero-order valence-electron chi connectivity index (χ0n) is 15.4. The summed E-state index contributed by atoms with van der Waals surface area (Å²) in [5.41, 5.74) is 3.37. The van der Waals surface area contributed by atoms with Crippen LogP contribution in [0.1, 0.15) is 55.6 Å². The van der Waals surface area contributed by atoms with Gasteiger partial charge in [0, 0.05) is 40.5 Å². The fraction of sp³-hybridized carbons (Fsp3) is 0.348. The monoisotopic (exact) mass is 380 g/mol. The van der Waals surface area contributed by atoms with Gasteiger partial charge in [0.25, 0.3) is 0 Å². The van der Waals surface area contributed by atoms with Gasteiger partial charge in [0.1, 0.15) is 0 Å². The van der Waals surface area contributed by atoms with Gasteiger partial charge >= 0.3 is 0 Å². The number of aromatic nitrogens is 1. The van der Waals surface area contributed by atoms with E-state index in [1.54, 1.807) is 0 Å². The van der Waals surface area contributed by atoms with E-state index in [2.05, 4.69) is 22.4 Å². The Kier molecular flexibility index (Phi) is 5.49. The molecule has 1 atom stereocenters. The number of hydrogen-bond acceptors (Lipinski definition) is 1. The molecule has 4 rings (SSSR count). The molecule has 140 valence electrons. The quantitative estimate of drug-likeness (QED) is 0.577. The molecule has 1 heterocycles. The van der Waals surface area contributed by atoms with Gasteiger partial charge in [-0.1, -0.05) is 61.2 Å². The molecule has 4 heteroatoms. The summed E-state index contributed by atoms with van der Waals surface area (Å²) in [5.74, 6) is 0.133. The van der Waals surface area contributed by atoms with Crippen molar-refractivity contribution in [1.82, 2.24) is 10.3 Å². The molecule has 1 fully saturated rings. The van der Waals surface area contributed by atoms with Crippen molar-refractivity contribution < 1.29 is 4.79 Å². The smallest absolute Gasteiger partial charge is 0.221 e. The third-order valence-corrected chi connectivity index (χ3v) is 5.88. The molecule has 0 spiro atoms. The molecule has 1 aromatic heterocycles. The van der Waals surface area contributed by atoms with Crippen molar-refractivity contribution in [2.45, 2.75) is 50.5 Å². The van der Waals surface area contributed by atoms with E-state index in [0.29, 0.717) is 17.5 Å². The number of nitrogens with one attached hydrogen (secondary N) is 2. The van der Waals surface area contributed by atoms with Crippen LogP contribution in [0.15, 0.2) is 54.7 Å². The SMILES string of the molecule is O=C(CC(c1ccc(Cl)cc1)c1c[nH]c2ccccc12)NC1CCCCC1. The first-order chi connectivity index (χ1) is 13.2. The molecular weight excluding hydrogens is 356 g/mol. The zero-order valence-corrected chi connectivity index (χ0v) is 16.1. The van der Waals surface area contributed by atoms with Gasteiger partial charge in [0.05, 0.1) is 0 Å². The van der Waals surface area contributed by atoms with Gasteiger partial charge < -0.3 is 10.3 Å². The largest absolute Gasteiger partial charge is 0.361 e. The molecule has 27 heavy (non-hydrogen) atoms. The van der Waals surface area contributed by atoms with Crippen molar-refractivity contribution in [2.24, 2.45) is 0 Å². The molecular formula is C23H25ClN2O. The second-order valence-electron chi connectivity index (χ2n) is 7.50. The molecule has 2 aromatic carbocycles. The Balaban J connectivity index is 1.62. The van der Waals surface area contributed by atoms with Crippen LogP contribution < -0.4 is 5.32 Å². The number of carbonyl (C=O) groups excluding carboxylic acids is 1. The maximum Gasteiger partial charge on any atom is 0.221 e. The number of fused-ring (bicyclic) bond motifs is 1. The Labute approximate surface area is 165 Å². The number of carbonyl (C=O) groups is 1. The standard InChI is InChI=1S/C23H25ClN2O/c24-17-12-10-16(11-13-17)20(14-23(27)26-18-6-2-1-3-7-18)21-15-25-22-9-5-4-8-19(21)22/h4-5,8-13,15,18,20,25H,1-3,6-7,14H2,(H,26,27). The second kappa shape index (κ2) is 8.18. The highest BCUT2D eigenvalue weighted by molar-refractivity contribution is 6.30. The number of para-hydroxylation sites is 1. The Morgan fingerprint density at radius 2 is 1.81 bits per heavy atom. The maximum absolute atomic E-state index is 12.8. The lowest BCUT2D eigenvalue weighted by Crippen LogP contribution is -2.36. The van der Waals surface area contributed by atoms with E-state index in [4.69, 9.17) is 11.6 Å². The van der Waals surface area contributed by atoms with Crippen LogP contribution >= 0.6 is 11.6 Å². The van der Waals surface area contributed by atoms with Gasteiger partial charge in [-0.05, 0) is 42.2 Å². The van der Waals surface area contributed by atoms with E-state index in [-0.39, 0.29) is 11.8 Å². The van der Waals surface area contributed by atoms with Gasteiger partial charge in [0.15, 0.2) is 0 Å². The molecule has 3 nitrogen and oxygen atoms in total. The summed E-state index contributed by atoms with van der Waals surface area (Å²) in [6.07, 6.45) is 8.41. The van der Waals surface area contributed by atoms with Gasteiger partial charge in [-0.3, -0.25) is 4.79 Å². The number of benzene rings is 2.